The van der Waals surface area contributed by atoms with Crippen LogP contribution in [-0.2, 0) is 0 Å². The van der Waals surface area contributed by atoms with E-state index in [4.69, 9.17) is 0 Å². The maximum atomic E-state index is 3.26. The van der Waals surface area contributed by atoms with Gasteiger partial charge in [-0.3, -0.25) is 0 Å². The van der Waals surface area contributed by atoms with Crippen LogP contribution in [0.15, 0.2) is 48.5 Å². The number of nitrogens with one attached hydrogen (secondary N) is 1. The maximum Gasteiger partial charge on any atom is 0.0497 e. The van der Waals surface area contributed by atoms with Crippen molar-refractivity contribution in [2.24, 2.45) is 0 Å². The zero-order valence-electron chi connectivity index (χ0n) is 11.7. The second-order valence-electron chi connectivity index (χ2n) is 4.83. The van der Waals surface area contributed by atoms with Gasteiger partial charge in [-0.25, -0.2) is 0 Å². The molecule has 0 heterocycles. The molecule has 0 saturated carbocycles. The number of hydrogen-bond donors (Lipinski definition) is 1. The minimum atomic E-state index is 0.517. The van der Waals surface area contributed by atoms with Gasteiger partial charge in [-0.15, -0.1) is 0 Å². The molecule has 0 radical (unpaired) electrons. The first-order valence-corrected chi connectivity index (χ1v) is 6.59. The van der Waals surface area contributed by atoms with Crippen LogP contribution >= 0.6 is 0 Å². The summed E-state index contributed by atoms with van der Waals surface area (Å²) in [6, 6.07) is 16.5. The Bertz CT molecular complexity index is 601. The van der Waals surface area contributed by atoms with E-state index >= 15 is 0 Å². The second kappa shape index (κ2) is 6.11. The van der Waals surface area contributed by atoms with Gasteiger partial charge in [0, 0.05) is 23.9 Å². The molecule has 2 aromatic carbocycles. The third-order valence-corrected chi connectivity index (χ3v) is 3.09. The van der Waals surface area contributed by atoms with Crippen molar-refractivity contribution in [1.29, 1.82) is 0 Å². The molecule has 1 nitrogen and oxygen atoms in total. The van der Waals surface area contributed by atoms with E-state index in [1.165, 1.54) is 5.56 Å². The van der Waals surface area contributed by atoms with Crippen molar-refractivity contribution in [2.75, 3.05) is 12.4 Å². The van der Waals surface area contributed by atoms with Gasteiger partial charge in [0.15, 0.2) is 0 Å². The molecular formula is C18H19N. The molecule has 0 fully saturated rings. The van der Waals surface area contributed by atoms with E-state index in [9.17, 15) is 0 Å². The van der Waals surface area contributed by atoms with Crippen molar-refractivity contribution in [3.05, 3.63) is 65.2 Å². The molecule has 0 saturated heterocycles. The fraction of sp³-hybridized carbons (Fsp3) is 0.222. The molecular weight excluding hydrogens is 230 g/mol. The third-order valence-electron chi connectivity index (χ3n) is 3.09. The first-order valence-electron chi connectivity index (χ1n) is 6.59. The normalized spacial score (nSPS) is 9.89. The molecule has 0 aromatic heterocycles. The van der Waals surface area contributed by atoms with Gasteiger partial charge in [-0.05, 0) is 35.7 Å². The zero-order valence-corrected chi connectivity index (χ0v) is 11.7. The molecule has 0 spiro atoms. The Morgan fingerprint density at radius 2 is 1.68 bits per heavy atom. The summed E-state index contributed by atoms with van der Waals surface area (Å²) >= 11 is 0. The summed E-state index contributed by atoms with van der Waals surface area (Å²) < 4.78 is 0. The van der Waals surface area contributed by atoms with Crippen LogP contribution in [0, 0.1) is 11.8 Å². The highest BCUT2D eigenvalue weighted by Crippen LogP contribution is 2.21. The number of hydrogen-bond acceptors (Lipinski definition) is 1. The van der Waals surface area contributed by atoms with Gasteiger partial charge in [-0.2, -0.15) is 0 Å². The van der Waals surface area contributed by atoms with Crippen LogP contribution in [0.2, 0.25) is 0 Å². The van der Waals surface area contributed by atoms with Crippen molar-refractivity contribution < 1.29 is 0 Å². The highest BCUT2D eigenvalue weighted by molar-refractivity contribution is 5.61. The van der Waals surface area contributed by atoms with E-state index in [1.807, 2.05) is 37.4 Å². The molecule has 0 amide bonds. The van der Waals surface area contributed by atoms with Crippen LogP contribution in [-0.4, -0.2) is 7.05 Å². The van der Waals surface area contributed by atoms with Gasteiger partial charge in [0.2, 0.25) is 0 Å². The summed E-state index contributed by atoms with van der Waals surface area (Å²) in [5, 5.41) is 3.20. The van der Waals surface area contributed by atoms with Gasteiger partial charge < -0.3 is 5.32 Å². The predicted octanol–water partition coefficient (Wildman–Crippen LogP) is 4.25. The molecule has 0 aliphatic carbocycles. The van der Waals surface area contributed by atoms with Crippen LogP contribution in [0.4, 0.5) is 5.69 Å². The second-order valence-corrected chi connectivity index (χ2v) is 4.83. The monoisotopic (exact) mass is 249 g/mol. The van der Waals surface area contributed by atoms with Gasteiger partial charge in [-0.1, -0.05) is 50.0 Å². The molecule has 19 heavy (non-hydrogen) atoms. The van der Waals surface area contributed by atoms with E-state index in [1.54, 1.807) is 0 Å². The molecule has 1 N–H and O–H groups in total. The summed E-state index contributed by atoms with van der Waals surface area (Å²) in [4.78, 5) is 0. The average Bonchev–Trinajstić information content (AvgIpc) is 2.45. The maximum absolute atomic E-state index is 3.26. The largest absolute Gasteiger partial charge is 0.387 e. The lowest BCUT2D eigenvalue weighted by atomic mass is 9.99. The van der Waals surface area contributed by atoms with Crippen LogP contribution in [0.3, 0.4) is 0 Å². The first-order chi connectivity index (χ1) is 9.20. The minimum absolute atomic E-state index is 0.517. The predicted molar refractivity (Wildman–Crippen MR) is 82.5 cm³/mol. The lowest BCUT2D eigenvalue weighted by molar-refractivity contribution is 0.866. The van der Waals surface area contributed by atoms with Crippen LogP contribution in [0.5, 0.6) is 0 Å². The lowest BCUT2D eigenvalue weighted by Gasteiger charge is -2.09. The minimum Gasteiger partial charge on any atom is -0.387 e. The van der Waals surface area contributed by atoms with Gasteiger partial charge in [0.05, 0.1) is 0 Å². The van der Waals surface area contributed by atoms with Crippen molar-refractivity contribution in [2.45, 2.75) is 19.8 Å². The molecule has 1 heteroatoms. The zero-order chi connectivity index (χ0) is 13.7. The molecule has 2 aromatic rings. The molecule has 0 bridgehead atoms. The number of rotatable bonds is 2. The molecule has 0 unspecified atom stereocenters. The summed E-state index contributed by atoms with van der Waals surface area (Å²) in [6.07, 6.45) is 0. The van der Waals surface area contributed by atoms with E-state index in [0.717, 1.165) is 16.8 Å². The SMILES string of the molecule is CNc1ccc(C(C)C)cc1C#Cc1ccccc1. The Balaban J connectivity index is 2.38. The summed E-state index contributed by atoms with van der Waals surface area (Å²) in [7, 11) is 1.93. The standard InChI is InChI=1S/C18H19N/c1-14(2)16-11-12-18(19-3)17(13-16)10-9-15-7-5-4-6-8-15/h4-8,11-14,19H,1-3H3. The van der Waals surface area contributed by atoms with Crippen molar-refractivity contribution in [1.82, 2.24) is 0 Å². The number of anilines is 1. The Morgan fingerprint density at radius 3 is 2.32 bits per heavy atom. The lowest BCUT2D eigenvalue weighted by Crippen LogP contribution is -1.95. The summed E-state index contributed by atoms with van der Waals surface area (Å²) in [5.74, 6) is 6.99. The Labute approximate surface area is 115 Å². The quantitative estimate of drug-likeness (QED) is 0.784. The van der Waals surface area contributed by atoms with E-state index < -0.39 is 0 Å². The van der Waals surface area contributed by atoms with Gasteiger partial charge in [0.25, 0.3) is 0 Å². The highest BCUT2D eigenvalue weighted by atomic mass is 14.8. The Hall–Kier alpha value is -2.20. The summed E-state index contributed by atoms with van der Waals surface area (Å²) in [6.45, 7) is 4.39. The first kappa shape index (κ1) is 13.2. The average molecular weight is 249 g/mol. The fourth-order valence-corrected chi connectivity index (χ4v) is 1.90. The van der Waals surface area contributed by atoms with Crippen molar-refractivity contribution >= 4 is 5.69 Å². The van der Waals surface area contributed by atoms with E-state index in [2.05, 4.69) is 49.2 Å². The Kier molecular flexibility index (Phi) is 4.26. The molecule has 2 rings (SSSR count). The van der Waals surface area contributed by atoms with Crippen molar-refractivity contribution in [3.8, 4) is 11.8 Å². The van der Waals surface area contributed by atoms with Crippen LogP contribution < -0.4 is 5.32 Å². The van der Waals surface area contributed by atoms with Crippen molar-refractivity contribution in [3.63, 3.8) is 0 Å². The highest BCUT2D eigenvalue weighted by Gasteiger charge is 2.03. The summed E-state index contributed by atoms with van der Waals surface area (Å²) in [5.41, 5.74) is 4.49. The van der Waals surface area contributed by atoms with E-state index in [0.29, 0.717) is 5.92 Å². The molecule has 0 atom stereocenters. The van der Waals surface area contributed by atoms with E-state index in [-0.39, 0.29) is 0 Å². The third kappa shape index (κ3) is 3.39. The van der Waals surface area contributed by atoms with Crippen LogP contribution in [0.25, 0.3) is 0 Å². The molecule has 0 aliphatic rings. The van der Waals surface area contributed by atoms with Crippen LogP contribution in [0.1, 0.15) is 36.5 Å². The fourth-order valence-electron chi connectivity index (χ4n) is 1.90. The van der Waals surface area contributed by atoms with Gasteiger partial charge in [0.1, 0.15) is 0 Å². The smallest absolute Gasteiger partial charge is 0.0497 e. The van der Waals surface area contributed by atoms with Gasteiger partial charge >= 0.3 is 0 Å². The number of benzene rings is 2. The molecule has 0 aliphatic heterocycles. The Morgan fingerprint density at radius 1 is 0.947 bits per heavy atom. The topological polar surface area (TPSA) is 12.0 Å². The molecule has 96 valence electrons.